The first-order chi connectivity index (χ1) is 10.1. The minimum atomic E-state index is -0.566. The molecule has 0 aromatic heterocycles. The van der Waals surface area contributed by atoms with Crippen LogP contribution < -0.4 is 5.43 Å². The molecule has 0 aliphatic heterocycles. The van der Waals surface area contributed by atoms with Crippen LogP contribution in [-0.2, 0) is 0 Å². The molecule has 0 heterocycles. The number of hydrogen-bond acceptors (Lipinski definition) is 4. The molecule has 1 N–H and O–H groups in total. The van der Waals surface area contributed by atoms with Crippen LogP contribution in [-0.4, -0.2) is 17.0 Å². The molecule has 7 heteroatoms. The van der Waals surface area contributed by atoms with Crippen molar-refractivity contribution >= 4 is 29.4 Å². The number of hydrazone groups is 1. The van der Waals surface area contributed by atoms with Gasteiger partial charge in [-0.2, -0.15) is 5.10 Å². The number of carbonyl (C=O) groups excluding carboxylic acids is 1. The molecule has 0 saturated carbocycles. The third-order valence-electron chi connectivity index (χ3n) is 2.59. The predicted molar refractivity (Wildman–Crippen MR) is 79.6 cm³/mol. The summed E-state index contributed by atoms with van der Waals surface area (Å²) in [5.74, 6) is -0.540. The van der Waals surface area contributed by atoms with Crippen molar-refractivity contribution in [1.82, 2.24) is 5.43 Å². The number of carbonyl (C=O) groups is 1. The van der Waals surface area contributed by atoms with E-state index < -0.39 is 10.8 Å². The van der Waals surface area contributed by atoms with Gasteiger partial charge in [0.15, 0.2) is 0 Å². The van der Waals surface area contributed by atoms with Gasteiger partial charge in [-0.3, -0.25) is 14.9 Å². The Balaban J connectivity index is 2.07. The summed E-state index contributed by atoms with van der Waals surface area (Å²) in [5, 5.41) is 14.9. The average molecular weight is 304 g/mol. The number of nitrogens with zero attached hydrogens (tertiary/aromatic N) is 2. The van der Waals surface area contributed by atoms with Gasteiger partial charge in [-0.25, -0.2) is 5.43 Å². The van der Waals surface area contributed by atoms with E-state index in [9.17, 15) is 14.9 Å². The molecular weight excluding hydrogens is 294 g/mol. The lowest BCUT2D eigenvalue weighted by molar-refractivity contribution is -0.384. The molecular formula is C14H10ClN3O3. The molecule has 106 valence electrons. The van der Waals surface area contributed by atoms with Gasteiger partial charge in [-0.1, -0.05) is 35.9 Å². The number of nitro benzene ring substituents is 1. The third-order valence-corrected chi connectivity index (χ3v) is 2.94. The van der Waals surface area contributed by atoms with Crippen LogP contribution in [0.4, 0.5) is 5.69 Å². The maximum absolute atomic E-state index is 11.8. The lowest BCUT2D eigenvalue weighted by atomic mass is 10.2. The van der Waals surface area contributed by atoms with Crippen LogP contribution in [0.25, 0.3) is 0 Å². The summed E-state index contributed by atoms with van der Waals surface area (Å²) in [5.41, 5.74) is 2.94. The van der Waals surface area contributed by atoms with Crippen molar-refractivity contribution in [3.63, 3.8) is 0 Å². The first-order valence-corrected chi connectivity index (χ1v) is 6.28. The Labute approximate surface area is 125 Å². The van der Waals surface area contributed by atoms with Crippen molar-refractivity contribution in [2.45, 2.75) is 0 Å². The Hall–Kier alpha value is -2.73. The molecule has 0 atom stereocenters. The number of halogens is 1. The topological polar surface area (TPSA) is 84.6 Å². The number of nitro groups is 1. The summed E-state index contributed by atoms with van der Waals surface area (Å²) in [6, 6.07) is 12.4. The Kier molecular flexibility index (Phi) is 4.63. The van der Waals surface area contributed by atoms with Crippen molar-refractivity contribution in [1.29, 1.82) is 0 Å². The van der Waals surface area contributed by atoms with Gasteiger partial charge >= 0.3 is 0 Å². The molecule has 0 spiro atoms. The summed E-state index contributed by atoms with van der Waals surface area (Å²) in [6.45, 7) is 0. The second-order valence-corrected chi connectivity index (χ2v) is 4.44. The van der Waals surface area contributed by atoms with E-state index in [1.54, 1.807) is 24.3 Å². The Morgan fingerprint density at radius 3 is 2.71 bits per heavy atom. The Morgan fingerprint density at radius 2 is 2.00 bits per heavy atom. The van der Waals surface area contributed by atoms with E-state index >= 15 is 0 Å². The van der Waals surface area contributed by atoms with Crippen molar-refractivity contribution in [3.05, 3.63) is 74.8 Å². The summed E-state index contributed by atoms with van der Waals surface area (Å²) in [4.78, 5) is 21.9. The van der Waals surface area contributed by atoms with E-state index in [0.29, 0.717) is 10.6 Å². The van der Waals surface area contributed by atoms with Gasteiger partial charge in [0.2, 0.25) is 0 Å². The van der Waals surface area contributed by atoms with Crippen molar-refractivity contribution in [3.8, 4) is 0 Å². The highest BCUT2D eigenvalue weighted by Gasteiger charge is 2.10. The van der Waals surface area contributed by atoms with Crippen LogP contribution in [0.2, 0.25) is 5.02 Å². The molecule has 2 rings (SSSR count). The van der Waals surface area contributed by atoms with Gasteiger partial charge in [-0.05, 0) is 12.1 Å². The molecule has 1 amide bonds. The standard InChI is InChI=1S/C14H10ClN3O3/c15-13-7-2-1-4-11(13)9-16-17-14(19)10-5-3-6-12(8-10)18(20)21/h1-9H,(H,17,19)/b16-9+. The second kappa shape index (κ2) is 6.62. The number of hydrogen-bond donors (Lipinski definition) is 1. The first-order valence-electron chi connectivity index (χ1n) is 5.90. The molecule has 0 unspecified atom stereocenters. The van der Waals surface area contributed by atoms with E-state index in [2.05, 4.69) is 10.5 Å². The molecule has 0 aliphatic rings. The summed E-state index contributed by atoms with van der Waals surface area (Å²) in [7, 11) is 0. The predicted octanol–water partition coefficient (Wildman–Crippen LogP) is 3.01. The van der Waals surface area contributed by atoms with Crippen LogP contribution in [0.1, 0.15) is 15.9 Å². The van der Waals surface area contributed by atoms with Crippen molar-refractivity contribution < 1.29 is 9.72 Å². The van der Waals surface area contributed by atoms with Gasteiger partial charge in [0.1, 0.15) is 0 Å². The summed E-state index contributed by atoms with van der Waals surface area (Å²) >= 11 is 5.93. The lowest BCUT2D eigenvalue weighted by Crippen LogP contribution is -2.17. The molecule has 0 aliphatic carbocycles. The molecule has 0 fully saturated rings. The SMILES string of the molecule is O=C(N/N=C/c1ccccc1Cl)c1cccc([N+](=O)[O-])c1. The first kappa shape index (κ1) is 14.7. The highest BCUT2D eigenvalue weighted by atomic mass is 35.5. The highest BCUT2D eigenvalue weighted by Crippen LogP contribution is 2.13. The van der Waals surface area contributed by atoms with Gasteiger partial charge in [-0.15, -0.1) is 0 Å². The zero-order valence-corrected chi connectivity index (χ0v) is 11.4. The maximum atomic E-state index is 11.8. The minimum Gasteiger partial charge on any atom is -0.267 e. The van der Waals surface area contributed by atoms with Gasteiger partial charge in [0.05, 0.1) is 11.1 Å². The molecule has 2 aromatic rings. The molecule has 6 nitrogen and oxygen atoms in total. The van der Waals surface area contributed by atoms with Crippen LogP contribution in [0.3, 0.4) is 0 Å². The van der Waals surface area contributed by atoms with Gasteiger partial charge in [0, 0.05) is 28.3 Å². The van der Waals surface area contributed by atoms with Crippen molar-refractivity contribution in [2.24, 2.45) is 5.10 Å². The number of non-ortho nitro benzene ring substituents is 1. The normalized spacial score (nSPS) is 10.5. The fourth-order valence-corrected chi connectivity index (χ4v) is 1.75. The van der Waals surface area contributed by atoms with Crippen LogP contribution in [0.5, 0.6) is 0 Å². The monoisotopic (exact) mass is 303 g/mol. The zero-order valence-electron chi connectivity index (χ0n) is 10.7. The van der Waals surface area contributed by atoms with Crippen LogP contribution in [0.15, 0.2) is 53.6 Å². The maximum Gasteiger partial charge on any atom is 0.271 e. The third kappa shape index (κ3) is 3.87. The molecule has 0 radical (unpaired) electrons. The summed E-state index contributed by atoms with van der Waals surface area (Å²) < 4.78 is 0. The number of nitrogens with one attached hydrogen (secondary N) is 1. The quantitative estimate of drug-likeness (QED) is 0.535. The minimum absolute atomic E-state index is 0.153. The second-order valence-electron chi connectivity index (χ2n) is 4.03. The van der Waals surface area contributed by atoms with Crippen molar-refractivity contribution in [2.75, 3.05) is 0 Å². The van der Waals surface area contributed by atoms with E-state index in [1.165, 1.54) is 30.5 Å². The largest absolute Gasteiger partial charge is 0.271 e. The van der Waals surface area contributed by atoms with Gasteiger partial charge in [0.25, 0.3) is 11.6 Å². The number of benzene rings is 2. The van der Waals surface area contributed by atoms with E-state index in [4.69, 9.17) is 11.6 Å². The highest BCUT2D eigenvalue weighted by molar-refractivity contribution is 6.33. The van der Waals surface area contributed by atoms with E-state index in [0.717, 1.165) is 0 Å². The lowest BCUT2D eigenvalue weighted by Gasteiger charge is -2.00. The molecule has 2 aromatic carbocycles. The fourth-order valence-electron chi connectivity index (χ4n) is 1.57. The smallest absolute Gasteiger partial charge is 0.267 e. The van der Waals surface area contributed by atoms with Crippen LogP contribution >= 0.6 is 11.6 Å². The van der Waals surface area contributed by atoms with E-state index in [1.807, 2.05) is 0 Å². The molecule has 0 bridgehead atoms. The Morgan fingerprint density at radius 1 is 1.24 bits per heavy atom. The number of amides is 1. The number of rotatable bonds is 4. The average Bonchev–Trinajstić information content (AvgIpc) is 2.49. The molecule has 21 heavy (non-hydrogen) atoms. The fraction of sp³-hybridized carbons (Fsp3) is 0. The Bertz CT molecular complexity index is 716. The van der Waals surface area contributed by atoms with Gasteiger partial charge < -0.3 is 0 Å². The molecule has 0 saturated heterocycles. The van der Waals surface area contributed by atoms with Crippen LogP contribution in [0, 0.1) is 10.1 Å². The summed E-state index contributed by atoms with van der Waals surface area (Å²) in [6.07, 6.45) is 1.40. The zero-order chi connectivity index (χ0) is 15.2. The van der Waals surface area contributed by atoms with E-state index in [-0.39, 0.29) is 11.3 Å².